The van der Waals surface area contributed by atoms with E-state index in [-0.39, 0.29) is 0 Å². The fraction of sp³-hybridized carbons (Fsp3) is 0.600. The standard InChI is InChI=1S/C15H23NS2/c1-2-6-15(13-7-4-3-5-8-13)16-11-14-12-17-9-10-18-14/h3-5,7-8,14-16H,2,6,9-12H2,1H3. The predicted octanol–water partition coefficient (Wildman–Crippen LogP) is 3.97. The van der Waals surface area contributed by atoms with Crippen molar-refractivity contribution in [2.75, 3.05) is 23.8 Å². The lowest BCUT2D eigenvalue weighted by atomic mass is 10.0. The number of nitrogens with one attached hydrogen (secondary N) is 1. The van der Waals surface area contributed by atoms with Crippen molar-refractivity contribution in [2.45, 2.75) is 31.1 Å². The van der Waals surface area contributed by atoms with Crippen LogP contribution in [0.25, 0.3) is 0 Å². The molecule has 3 heteroatoms. The molecular weight excluding hydrogens is 258 g/mol. The van der Waals surface area contributed by atoms with Gasteiger partial charge in [0.2, 0.25) is 0 Å². The Labute approximate surface area is 120 Å². The maximum atomic E-state index is 3.77. The third-order valence-electron chi connectivity index (χ3n) is 3.26. The molecule has 1 aliphatic heterocycles. The Morgan fingerprint density at radius 1 is 1.28 bits per heavy atom. The second-order valence-corrected chi connectivity index (χ2v) is 7.29. The predicted molar refractivity (Wildman–Crippen MR) is 85.7 cm³/mol. The van der Waals surface area contributed by atoms with Gasteiger partial charge in [-0.25, -0.2) is 0 Å². The lowest BCUT2D eigenvalue weighted by Crippen LogP contribution is -2.32. The van der Waals surface area contributed by atoms with Gasteiger partial charge in [-0.3, -0.25) is 0 Å². The molecule has 1 aliphatic rings. The first-order valence-corrected chi connectivity index (χ1v) is 9.08. The van der Waals surface area contributed by atoms with Crippen LogP contribution in [0.1, 0.15) is 31.4 Å². The van der Waals surface area contributed by atoms with Crippen molar-refractivity contribution < 1.29 is 0 Å². The van der Waals surface area contributed by atoms with Crippen LogP contribution in [0.4, 0.5) is 0 Å². The van der Waals surface area contributed by atoms with E-state index in [9.17, 15) is 0 Å². The quantitative estimate of drug-likeness (QED) is 0.847. The molecule has 2 rings (SSSR count). The molecule has 0 saturated carbocycles. The Hall–Kier alpha value is -0.120. The molecular formula is C15H23NS2. The third-order valence-corrected chi connectivity index (χ3v) is 6.10. The minimum Gasteiger partial charge on any atom is -0.309 e. The van der Waals surface area contributed by atoms with Gasteiger partial charge >= 0.3 is 0 Å². The molecule has 1 saturated heterocycles. The summed E-state index contributed by atoms with van der Waals surface area (Å²) in [6, 6.07) is 11.4. The van der Waals surface area contributed by atoms with E-state index in [4.69, 9.17) is 0 Å². The highest BCUT2D eigenvalue weighted by Crippen LogP contribution is 2.25. The molecule has 1 aromatic rings. The number of thioether (sulfide) groups is 2. The van der Waals surface area contributed by atoms with E-state index in [1.165, 1.54) is 35.7 Å². The summed E-state index contributed by atoms with van der Waals surface area (Å²) in [7, 11) is 0. The van der Waals surface area contributed by atoms with Gasteiger partial charge in [0.25, 0.3) is 0 Å². The van der Waals surface area contributed by atoms with E-state index < -0.39 is 0 Å². The van der Waals surface area contributed by atoms with Crippen molar-refractivity contribution in [3.63, 3.8) is 0 Å². The topological polar surface area (TPSA) is 12.0 Å². The zero-order chi connectivity index (χ0) is 12.6. The van der Waals surface area contributed by atoms with Crippen LogP contribution in [0, 0.1) is 0 Å². The molecule has 0 amide bonds. The fourth-order valence-corrected chi connectivity index (χ4v) is 4.91. The van der Waals surface area contributed by atoms with E-state index in [2.05, 4.69) is 66.1 Å². The van der Waals surface area contributed by atoms with E-state index in [0.717, 1.165) is 11.8 Å². The first-order chi connectivity index (χ1) is 8.90. The second-order valence-electron chi connectivity index (χ2n) is 4.73. The minimum atomic E-state index is 0.531. The van der Waals surface area contributed by atoms with Gasteiger partial charge in [-0.15, -0.1) is 0 Å². The molecule has 2 unspecified atom stereocenters. The maximum Gasteiger partial charge on any atom is 0.0320 e. The first-order valence-electron chi connectivity index (χ1n) is 6.88. The highest BCUT2D eigenvalue weighted by atomic mass is 32.2. The number of rotatable bonds is 6. The van der Waals surface area contributed by atoms with Gasteiger partial charge in [-0.05, 0) is 12.0 Å². The molecule has 1 aromatic carbocycles. The Morgan fingerprint density at radius 2 is 2.11 bits per heavy atom. The zero-order valence-electron chi connectivity index (χ0n) is 11.1. The van der Waals surface area contributed by atoms with Gasteiger partial charge in [0.1, 0.15) is 0 Å². The smallest absolute Gasteiger partial charge is 0.0320 e. The van der Waals surface area contributed by atoms with Crippen molar-refractivity contribution >= 4 is 23.5 Å². The van der Waals surface area contributed by atoms with Crippen LogP contribution < -0.4 is 5.32 Å². The normalized spacial score (nSPS) is 21.7. The average molecular weight is 281 g/mol. The van der Waals surface area contributed by atoms with Crippen molar-refractivity contribution in [1.29, 1.82) is 0 Å². The molecule has 1 N–H and O–H groups in total. The van der Waals surface area contributed by atoms with Crippen molar-refractivity contribution in [1.82, 2.24) is 5.32 Å². The van der Waals surface area contributed by atoms with Gasteiger partial charge < -0.3 is 5.32 Å². The molecule has 1 nitrogen and oxygen atoms in total. The number of hydrogen-bond donors (Lipinski definition) is 1. The minimum absolute atomic E-state index is 0.531. The Balaban J connectivity index is 1.86. The first kappa shape index (κ1) is 14.3. The summed E-state index contributed by atoms with van der Waals surface area (Å²) in [5.74, 6) is 3.96. The van der Waals surface area contributed by atoms with Crippen molar-refractivity contribution in [3.8, 4) is 0 Å². The average Bonchev–Trinajstić information content (AvgIpc) is 2.45. The summed E-state index contributed by atoms with van der Waals surface area (Å²) in [5.41, 5.74) is 1.44. The number of benzene rings is 1. The van der Waals surface area contributed by atoms with Gasteiger partial charge in [-0.1, -0.05) is 43.7 Å². The molecule has 100 valence electrons. The van der Waals surface area contributed by atoms with Crippen molar-refractivity contribution in [3.05, 3.63) is 35.9 Å². The Morgan fingerprint density at radius 3 is 2.78 bits per heavy atom. The van der Waals surface area contributed by atoms with Crippen LogP contribution >= 0.6 is 23.5 Å². The summed E-state index contributed by atoms with van der Waals surface area (Å²) in [6.45, 7) is 3.42. The van der Waals surface area contributed by atoms with Gasteiger partial charge in [0.05, 0.1) is 0 Å². The molecule has 0 spiro atoms. The summed E-state index contributed by atoms with van der Waals surface area (Å²) < 4.78 is 0. The SMILES string of the molecule is CCCC(NCC1CSCCS1)c1ccccc1. The second kappa shape index (κ2) is 8.13. The molecule has 0 aliphatic carbocycles. The molecule has 2 atom stereocenters. The zero-order valence-corrected chi connectivity index (χ0v) is 12.7. The molecule has 0 aromatic heterocycles. The lowest BCUT2D eigenvalue weighted by Gasteiger charge is -2.25. The summed E-state index contributed by atoms with van der Waals surface area (Å²) >= 11 is 4.24. The van der Waals surface area contributed by atoms with Gasteiger partial charge in [0.15, 0.2) is 0 Å². The monoisotopic (exact) mass is 281 g/mol. The highest BCUT2D eigenvalue weighted by Gasteiger charge is 2.16. The summed E-state index contributed by atoms with van der Waals surface area (Å²) in [5, 5.41) is 4.57. The van der Waals surface area contributed by atoms with E-state index in [0.29, 0.717) is 6.04 Å². The highest BCUT2D eigenvalue weighted by molar-refractivity contribution is 8.06. The van der Waals surface area contributed by atoms with Crippen molar-refractivity contribution in [2.24, 2.45) is 0 Å². The molecule has 0 radical (unpaired) electrons. The van der Waals surface area contributed by atoms with Crippen LogP contribution in [0.2, 0.25) is 0 Å². The van der Waals surface area contributed by atoms with Crippen LogP contribution in [0.3, 0.4) is 0 Å². The molecule has 18 heavy (non-hydrogen) atoms. The summed E-state index contributed by atoms with van der Waals surface area (Å²) in [6.07, 6.45) is 2.47. The third kappa shape index (κ3) is 4.52. The van der Waals surface area contributed by atoms with Crippen LogP contribution in [0.5, 0.6) is 0 Å². The lowest BCUT2D eigenvalue weighted by molar-refractivity contribution is 0.498. The Bertz CT molecular complexity index is 323. The maximum absolute atomic E-state index is 3.77. The van der Waals surface area contributed by atoms with Crippen LogP contribution in [-0.4, -0.2) is 29.1 Å². The van der Waals surface area contributed by atoms with E-state index in [1.54, 1.807) is 0 Å². The Kier molecular flexibility index (Phi) is 6.46. The molecule has 1 fully saturated rings. The fourth-order valence-electron chi connectivity index (χ4n) is 2.29. The van der Waals surface area contributed by atoms with Crippen LogP contribution in [0.15, 0.2) is 30.3 Å². The molecule has 1 heterocycles. The van der Waals surface area contributed by atoms with E-state index >= 15 is 0 Å². The summed E-state index contributed by atoms with van der Waals surface area (Å²) in [4.78, 5) is 0. The van der Waals surface area contributed by atoms with E-state index in [1.807, 2.05) is 0 Å². The van der Waals surface area contributed by atoms with Gasteiger partial charge in [0, 0.05) is 35.1 Å². The molecule has 0 bridgehead atoms. The largest absolute Gasteiger partial charge is 0.309 e. The van der Waals surface area contributed by atoms with Gasteiger partial charge in [-0.2, -0.15) is 23.5 Å². The number of hydrogen-bond acceptors (Lipinski definition) is 3. The van der Waals surface area contributed by atoms with Crippen LogP contribution in [-0.2, 0) is 0 Å².